The highest BCUT2D eigenvalue weighted by Gasteiger charge is 2.26. The van der Waals surface area contributed by atoms with E-state index in [0.29, 0.717) is 36.8 Å². The van der Waals surface area contributed by atoms with Gasteiger partial charge in [0.15, 0.2) is 0 Å². The van der Waals surface area contributed by atoms with Crippen molar-refractivity contribution in [2.75, 3.05) is 13.1 Å². The molecule has 2 aromatic heterocycles. The third-order valence-electron chi connectivity index (χ3n) is 4.96. The Morgan fingerprint density at radius 3 is 2.69 bits per heavy atom. The summed E-state index contributed by atoms with van der Waals surface area (Å²) in [6.07, 6.45) is 3.10. The zero-order valence-corrected chi connectivity index (χ0v) is 14.1. The van der Waals surface area contributed by atoms with Gasteiger partial charge in [0.2, 0.25) is 0 Å². The van der Waals surface area contributed by atoms with Crippen molar-refractivity contribution in [2.45, 2.75) is 18.8 Å². The van der Waals surface area contributed by atoms with E-state index in [1.807, 2.05) is 6.07 Å². The lowest BCUT2D eigenvalue weighted by Gasteiger charge is -2.32. The van der Waals surface area contributed by atoms with Crippen LogP contribution in [0.2, 0.25) is 0 Å². The summed E-state index contributed by atoms with van der Waals surface area (Å²) in [4.78, 5) is 33.6. The van der Waals surface area contributed by atoms with Crippen LogP contribution >= 0.6 is 0 Å². The average molecular weight is 351 g/mol. The van der Waals surface area contributed by atoms with Gasteiger partial charge in [0.05, 0.1) is 16.5 Å². The third-order valence-corrected chi connectivity index (χ3v) is 4.96. The summed E-state index contributed by atoms with van der Waals surface area (Å²) in [6.45, 7) is 1.06. The van der Waals surface area contributed by atoms with Crippen molar-refractivity contribution in [1.82, 2.24) is 14.9 Å². The van der Waals surface area contributed by atoms with Gasteiger partial charge in [-0.2, -0.15) is 0 Å². The summed E-state index contributed by atoms with van der Waals surface area (Å²) in [5.41, 5.74) is 1.49. The Labute approximate surface area is 149 Å². The number of benzene rings is 1. The Morgan fingerprint density at radius 2 is 1.92 bits per heavy atom. The van der Waals surface area contributed by atoms with Gasteiger partial charge in [-0.15, -0.1) is 0 Å². The van der Waals surface area contributed by atoms with E-state index in [2.05, 4.69) is 9.97 Å². The topological polar surface area (TPSA) is 66.1 Å². The van der Waals surface area contributed by atoms with E-state index >= 15 is 0 Å². The number of H-pyrrole nitrogens is 1. The second-order valence-electron chi connectivity index (χ2n) is 6.54. The number of hydrogen-bond donors (Lipinski definition) is 1. The van der Waals surface area contributed by atoms with Gasteiger partial charge in [-0.3, -0.25) is 14.6 Å². The predicted octanol–water partition coefficient (Wildman–Crippen LogP) is 3.08. The van der Waals surface area contributed by atoms with Gasteiger partial charge in [0.25, 0.3) is 11.5 Å². The number of nitrogens with one attached hydrogen (secondary N) is 1. The van der Waals surface area contributed by atoms with Gasteiger partial charge >= 0.3 is 0 Å². The van der Waals surface area contributed by atoms with Gasteiger partial charge in [-0.25, -0.2) is 4.39 Å². The summed E-state index contributed by atoms with van der Waals surface area (Å²) in [5.74, 6) is -0.626. The summed E-state index contributed by atoms with van der Waals surface area (Å²) in [5, 5.41) is 0.573. The molecule has 3 aromatic rings. The summed E-state index contributed by atoms with van der Waals surface area (Å²) < 4.78 is 13.8. The van der Waals surface area contributed by atoms with Gasteiger partial charge in [0, 0.05) is 30.9 Å². The average Bonchev–Trinajstić information content (AvgIpc) is 2.68. The molecule has 1 saturated heterocycles. The van der Waals surface area contributed by atoms with Crippen LogP contribution in [0, 0.1) is 5.82 Å². The number of halogens is 1. The Balaban J connectivity index is 1.51. The highest BCUT2D eigenvalue weighted by molar-refractivity contribution is 5.94. The third kappa shape index (κ3) is 2.98. The van der Waals surface area contributed by atoms with Crippen LogP contribution in [0.4, 0.5) is 4.39 Å². The van der Waals surface area contributed by atoms with Gasteiger partial charge in [-0.1, -0.05) is 12.1 Å². The van der Waals surface area contributed by atoms with Crippen molar-refractivity contribution in [3.05, 3.63) is 76.1 Å². The number of aromatic amines is 1. The van der Waals surface area contributed by atoms with Crippen LogP contribution in [-0.4, -0.2) is 33.9 Å². The Hall–Kier alpha value is -3.02. The summed E-state index contributed by atoms with van der Waals surface area (Å²) in [7, 11) is 0. The van der Waals surface area contributed by atoms with E-state index in [0.717, 1.165) is 5.69 Å². The molecule has 0 spiro atoms. The fourth-order valence-electron chi connectivity index (χ4n) is 3.52. The molecule has 6 heteroatoms. The molecule has 3 heterocycles. The van der Waals surface area contributed by atoms with Crippen LogP contribution in [0.1, 0.15) is 34.8 Å². The minimum Gasteiger partial charge on any atom is -0.339 e. The first kappa shape index (κ1) is 16.4. The van der Waals surface area contributed by atoms with Crippen LogP contribution < -0.4 is 5.56 Å². The Morgan fingerprint density at radius 1 is 1.15 bits per heavy atom. The largest absolute Gasteiger partial charge is 0.339 e. The van der Waals surface area contributed by atoms with Gasteiger partial charge in [-0.05, 0) is 43.2 Å². The van der Waals surface area contributed by atoms with E-state index in [-0.39, 0.29) is 22.9 Å². The molecule has 5 nitrogen and oxygen atoms in total. The van der Waals surface area contributed by atoms with Crippen molar-refractivity contribution in [3.8, 4) is 0 Å². The minimum atomic E-state index is -0.496. The highest BCUT2D eigenvalue weighted by atomic mass is 19.1. The number of likely N-dealkylation sites (tertiary alicyclic amines) is 1. The van der Waals surface area contributed by atoms with Crippen LogP contribution in [0.3, 0.4) is 0 Å². The molecule has 1 fully saturated rings. The maximum absolute atomic E-state index is 13.8. The van der Waals surface area contributed by atoms with Crippen molar-refractivity contribution in [2.24, 2.45) is 0 Å². The monoisotopic (exact) mass is 351 g/mol. The number of hydrogen-bond acceptors (Lipinski definition) is 3. The molecule has 132 valence electrons. The smallest absolute Gasteiger partial charge is 0.257 e. The number of amides is 1. The number of rotatable bonds is 2. The molecule has 0 saturated carbocycles. The lowest BCUT2D eigenvalue weighted by Crippen LogP contribution is -2.38. The second-order valence-corrected chi connectivity index (χ2v) is 6.54. The number of nitrogens with zero attached hydrogens (tertiary/aromatic N) is 2. The van der Waals surface area contributed by atoms with Crippen LogP contribution in [0.15, 0.2) is 53.5 Å². The molecule has 1 aliphatic heterocycles. The molecule has 1 N–H and O–H groups in total. The second kappa shape index (κ2) is 6.71. The summed E-state index contributed by atoms with van der Waals surface area (Å²) in [6, 6.07) is 11.4. The van der Waals surface area contributed by atoms with Crippen molar-refractivity contribution in [1.29, 1.82) is 0 Å². The number of aromatic nitrogens is 2. The Kier molecular flexibility index (Phi) is 4.24. The molecule has 0 unspecified atom stereocenters. The quantitative estimate of drug-likeness (QED) is 0.772. The maximum atomic E-state index is 13.8. The molecule has 0 bridgehead atoms. The SMILES string of the molecule is O=C(c1ccccc1F)N1CCC(c2cc3ncccc3c(=O)[nH]2)CC1. The highest BCUT2D eigenvalue weighted by Crippen LogP contribution is 2.28. The van der Waals surface area contributed by atoms with E-state index in [4.69, 9.17) is 0 Å². The molecule has 0 aliphatic carbocycles. The fourth-order valence-corrected chi connectivity index (χ4v) is 3.52. The molecular formula is C20H18FN3O2. The van der Waals surface area contributed by atoms with Crippen LogP contribution in [0.25, 0.3) is 10.9 Å². The van der Waals surface area contributed by atoms with Crippen molar-refractivity contribution < 1.29 is 9.18 Å². The van der Waals surface area contributed by atoms with E-state index in [1.54, 1.807) is 35.4 Å². The number of piperidine rings is 1. The molecule has 1 aliphatic rings. The number of fused-ring (bicyclic) bond motifs is 1. The standard InChI is InChI=1S/C20H18FN3O2/c21-16-6-2-1-4-14(16)20(26)24-10-7-13(8-11-24)17-12-18-15(19(25)23-17)5-3-9-22-18/h1-6,9,12-13H,7-8,10-11H2,(H,23,25). The van der Waals surface area contributed by atoms with E-state index in [1.165, 1.54) is 12.1 Å². The first-order chi connectivity index (χ1) is 12.6. The number of carbonyl (C=O) groups is 1. The van der Waals surface area contributed by atoms with Crippen LogP contribution in [0.5, 0.6) is 0 Å². The zero-order chi connectivity index (χ0) is 18.1. The lowest BCUT2D eigenvalue weighted by molar-refractivity contribution is 0.0707. The lowest BCUT2D eigenvalue weighted by atomic mass is 9.92. The number of pyridine rings is 2. The van der Waals surface area contributed by atoms with E-state index in [9.17, 15) is 14.0 Å². The van der Waals surface area contributed by atoms with Crippen LogP contribution in [-0.2, 0) is 0 Å². The molecule has 0 atom stereocenters. The Bertz CT molecular complexity index is 1020. The molecule has 0 radical (unpaired) electrons. The minimum absolute atomic E-state index is 0.106. The molecule has 1 amide bonds. The first-order valence-electron chi connectivity index (χ1n) is 8.65. The molecule has 1 aromatic carbocycles. The zero-order valence-electron chi connectivity index (χ0n) is 14.1. The number of carbonyl (C=O) groups excluding carboxylic acids is 1. The normalized spacial score (nSPS) is 15.3. The van der Waals surface area contributed by atoms with Crippen molar-refractivity contribution in [3.63, 3.8) is 0 Å². The first-order valence-corrected chi connectivity index (χ1v) is 8.65. The van der Waals surface area contributed by atoms with Gasteiger partial charge in [0.1, 0.15) is 5.82 Å². The van der Waals surface area contributed by atoms with Crippen molar-refractivity contribution >= 4 is 16.8 Å². The van der Waals surface area contributed by atoms with Gasteiger partial charge < -0.3 is 9.88 Å². The van der Waals surface area contributed by atoms with E-state index < -0.39 is 5.82 Å². The molecular weight excluding hydrogens is 333 g/mol. The maximum Gasteiger partial charge on any atom is 0.257 e. The fraction of sp³-hybridized carbons (Fsp3) is 0.250. The molecule has 26 heavy (non-hydrogen) atoms. The summed E-state index contributed by atoms with van der Waals surface area (Å²) >= 11 is 0. The predicted molar refractivity (Wildman–Crippen MR) is 96.6 cm³/mol. The molecule has 4 rings (SSSR count).